The third kappa shape index (κ3) is 6.00. The number of fused-ring (bicyclic) bond motifs is 1. The van der Waals surface area contributed by atoms with Gasteiger partial charge in [-0.05, 0) is 61.2 Å². The third-order valence-corrected chi connectivity index (χ3v) is 8.68. The van der Waals surface area contributed by atoms with Crippen molar-refractivity contribution in [3.05, 3.63) is 78.9 Å². The number of benzene rings is 2. The van der Waals surface area contributed by atoms with Gasteiger partial charge in [-0.2, -0.15) is 13.2 Å². The minimum atomic E-state index is -4.63. The van der Waals surface area contributed by atoms with Gasteiger partial charge in [0.2, 0.25) is 5.91 Å². The number of aromatic nitrogens is 2. The number of alkyl halides is 3. The number of halogens is 4. The zero-order chi connectivity index (χ0) is 27.6. The van der Waals surface area contributed by atoms with Gasteiger partial charge in [-0.15, -0.1) is 11.3 Å². The average molecular weight is 625 g/mol. The maximum Gasteiger partial charge on any atom is 0.418 e. The molecule has 0 aliphatic heterocycles. The number of hydrogen-bond donors (Lipinski definition) is 1. The van der Waals surface area contributed by atoms with Gasteiger partial charge in [0, 0.05) is 9.35 Å². The van der Waals surface area contributed by atoms with Crippen LogP contribution in [-0.2, 0) is 23.8 Å². The molecule has 0 radical (unpaired) electrons. The lowest BCUT2D eigenvalue weighted by molar-refractivity contribution is -0.137. The molecule has 0 atom stereocenters. The van der Waals surface area contributed by atoms with E-state index in [4.69, 9.17) is 4.98 Å². The monoisotopic (exact) mass is 623 g/mol. The summed E-state index contributed by atoms with van der Waals surface area (Å²) < 4.78 is 42.2. The second-order valence-electron chi connectivity index (χ2n) is 8.66. The van der Waals surface area contributed by atoms with E-state index in [-0.39, 0.29) is 21.5 Å². The van der Waals surface area contributed by atoms with Crippen molar-refractivity contribution >= 4 is 60.8 Å². The van der Waals surface area contributed by atoms with Crippen LogP contribution in [0.5, 0.6) is 0 Å². The summed E-state index contributed by atoms with van der Waals surface area (Å²) in [5, 5.41) is 3.21. The molecule has 5 nitrogen and oxygen atoms in total. The van der Waals surface area contributed by atoms with Crippen molar-refractivity contribution in [2.24, 2.45) is 0 Å². The van der Waals surface area contributed by atoms with E-state index in [1.807, 2.05) is 38.1 Å². The van der Waals surface area contributed by atoms with Crippen molar-refractivity contribution in [3.63, 3.8) is 0 Å². The van der Waals surface area contributed by atoms with Crippen molar-refractivity contribution in [2.45, 2.75) is 51.4 Å². The minimum absolute atomic E-state index is 0.231. The molecule has 11 heteroatoms. The van der Waals surface area contributed by atoms with Crippen molar-refractivity contribution in [1.82, 2.24) is 9.55 Å². The van der Waals surface area contributed by atoms with Crippen LogP contribution in [-0.4, -0.2) is 21.2 Å². The Balaban J connectivity index is 1.71. The molecule has 0 saturated carbocycles. The lowest BCUT2D eigenvalue weighted by Gasteiger charge is -2.15. The van der Waals surface area contributed by atoms with E-state index in [1.54, 1.807) is 0 Å². The summed E-state index contributed by atoms with van der Waals surface area (Å²) in [6, 6.07) is 11.1. The van der Waals surface area contributed by atoms with Gasteiger partial charge in [0.25, 0.3) is 5.56 Å². The fraction of sp³-hybridized carbons (Fsp3) is 0.296. The molecule has 0 aliphatic rings. The molecular weight excluding hydrogens is 599 g/mol. The van der Waals surface area contributed by atoms with E-state index < -0.39 is 17.6 Å². The Morgan fingerprint density at radius 3 is 2.50 bits per heavy atom. The fourth-order valence-electron chi connectivity index (χ4n) is 4.06. The van der Waals surface area contributed by atoms with E-state index in [9.17, 15) is 22.8 Å². The molecule has 1 N–H and O–H groups in total. The summed E-state index contributed by atoms with van der Waals surface area (Å²) in [4.78, 5) is 32.9. The van der Waals surface area contributed by atoms with E-state index in [0.29, 0.717) is 21.1 Å². The number of rotatable bonds is 8. The quantitative estimate of drug-likeness (QED) is 0.161. The van der Waals surface area contributed by atoms with Crippen molar-refractivity contribution in [3.8, 4) is 5.69 Å². The largest absolute Gasteiger partial charge is 0.418 e. The fourth-order valence-corrected chi connectivity index (χ4v) is 6.55. The molecule has 0 saturated heterocycles. The zero-order valence-corrected chi connectivity index (χ0v) is 24.1. The van der Waals surface area contributed by atoms with Crippen molar-refractivity contribution < 1.29 is 18.0 Å². The van der Waals surface area contributed by atoms with Gasteiger partial charge in [-0.3, -0.25) is 14.2 Å². The molecule has 0 unspecified atom stereocenters. The standard InChI is InChI=1S/C27H25BrF3N3O2S2/c1-4-6-21-15(3)23-24(38-21)33-26(34(25(23)36)18-10-7-16(5-2)8-11-18)37-14-22(35)32-20-12-9-17(28)13-19(20)27(29,30)31/h7-13H,4-6,14H2,1-3H3,(H,32,35). The second-order valence-corrected chi connectivity index (χ2v) is 11.6. The maximum absolute atomic E-state index is 13.8. The smallest absolute Gasteiger partial charge is 0.325 e. The Morgan fingerprint density at radius 1 is 1.16 bits per heavy atom. The average Bonchev–Trinajstić information content (AvgIpc) is 3.18. The Hall–Kier alpha value is -2.63. The van der Waals surface area contributed by atoms with Crippen LogP contribution < -0.4 is 10.9 Å². The van der Waals surface area contributed by atoms with Crippen LogP contribution >= 0.6 is 39.0 Å². The van der Waals surface area contributed by atoms with Gasteiger partial charge in [0.1, 0.15) is 4.83 Å². The maximum atomic E-state index is 13.8. The summed E-state index contributed by atoms with van der Waals surface area (Å²) in [6.45, 7) is 6.03. The van der Waals surface area contributed by atoms with Gasteiger partial charge in [-0.25, -0.2) is 4.98 Å². The summed E-state index contributed by atoms with van der Waals surface area (Å²) in [7, 11) is 0. The molecule has 4 rings (SSSR count). The molecule has 2 aromatic heterocycles. The number of hydrogen-bond acceptors (Lipinski definition) is 5. The highest BCUT2D eigenvalue weighted by Gasteiger charge is 2.34. The Labute approximate surface area is 234 Å². The first-order valence-electron chi connectivity index (χ1n) is 12.0. The summed E-state index contributed by atoms with van der Waals surface area (Å²) in [6.07, 6.45) is -2.03. The molecule has 4 aromatic rings. The number of carbonyl (C=O) groups is 1. The van der Waals surface area contributed by atoms with Crippen LogP contribution in [0.15, 0.2) is 56.9 Å². The second kappa shape index (κ2) is 11.6. The highest BCUT2D eigenvalue weighted by Crippen LogP contribution is 2.37. The third-order valence-electron chi connectivity index (χ3n) is 6.01. The van der Waals surface area contributed by atoms with Crippen LogP contribution in [0.25, 0.3) is 15.9 Å². The molecule has 0 bridgehead atoms. The van der Waals surface area contributed by atoms with Gasteiger partial charge in [0.05, 0.1) is 28.1 Å². The van der Waals surface area contributed by atoms with Crippen LogP contribution in [0.3, 0.4) is 0 Å². The Kier molecular flexibility index (Phi) is 8.68. The van der Waals surface area contributed by atoms with E-state index in [0.717, 1.165) is 53.1 Å². The van der Waals surface area contributed by atoms with E-state index in [1.165, 1.54) is 28.0 Å². The number of thioether (sulfide) groups is 1. The first-order chi connectivity index (χ1) is 18.0. The Morgan fingerprint density at radius 2 is 1.87 bits per heavy atom. The predicted molar refractivity (Wildman–Crippen MR) is 152 cm³/mol. The van der Waals surface area contributed by atoms with Crippen LogP contribution in [0.2, 0.25) is 0 Å². The molecule has 2 heterocycles. The number of anilines is 1. The first-order valence-corrected chi connectivity index (χ1v) is 14.6. The number of aryl methyl sites for hydroxylation is 3. The van der Waals surface area contributed by atoms with Crippen LogP contribution in [0.4, 0.5) is 18.9 Å². The summed E-state index contributed by atoms with van der Waals surface area (Å²) in [5.74, 6) is -0.871. The molecule has 0 fully saturated rings. The molecule has 2 aromatic carbocycles. The Bertz CT molecular complexity index is 1550. The van der Waals surface area contributed by atoms with Gasteiger partial charge < -0.3 is 5.32 Å². The van der Waals surface area contributed by atoms with Crippen molar-refractivity contribution in [1.29, 1.82) is 0 Å². The molecule has 38 heavy (non-hydrogen) atoms. The summed E-state index contributed by atoms with van der Waals surface area (Å²) in [5.41, 5.74) is 1.12. The highest BCUT2D eigenvalue weighted by molar-refractivity contribution is 9.10. The van der Waals surface area contributed by atoms with E-state index in [2.05, 4.69) is 28.2 Å². The molecular formula is C27H25BrF3N3O2S2. The SMILES string of the molecule is CCCc1sc2nc(SCC(=O)Nc3ccc(Br)cc3C(F)(F)F)n(-c3ccc(CC)cc3)c(=O)c2c1C. The van der Waals surface area contributed by atoms with Crippen LogP contribution in [0, 0.1) is 6.92 Å². The minimum Gasteiger partial charge on any atom is -0.325 e. The normalized spacial score (nSPS) is 11.8. The zero-order valence-electron chi connectivity index (χ0n) is 20.9. The van der Waals surface area contributed by atoms with Crippen LogP contribution in [0.1, 0.15) is 41.8 Å². The van der Waals surface area contributed by atoms with Gasteiger partial charge in [0.15, 0.2) is 5.16 Å². The number of nitrogens with one attached hydrogen (secondary N) is 1. The number of carbonyl (C=O) groups excluding carboxylic acids is 1. The number of nitrogens with zero attached hydrogens (tertiary/aromatic N) is 2. The van der Waals surface area contributed by atoms with Gasteiger partial charge >= 0.3 is 6.18 Å². The molecule has 0 aliphatic carbocycles. The van der Waals surface area contributed by atoms with E-state index >= 15 is 0 Å². The highest BCUT2D eigenvalue weighted by atomic mass is 79.9. The number of amides is 1. The van der Waals surface area contributed by atoms with Crippen molar-refractivity contribution in [2.75, 3.05) is 11.1 Å². The first kappa shape index (κ1) is 28.4. The lowest BCUT2D eigenvalue weighted by atomic mass is 10.1. The van der Waals surface area contributed by atoms with Gasteiger partial charge in [-0.1, -0.05) is 60.1 Å². The topological polar surface area (TPSA) is 64.0 Å². The summed E-state index contributed by atoms with van der Waals surface area (Å²) >= 11 is 5.51. The number of thiophene rings is 1. The molecule has 200 valence electrons. The predicted octanol–water partition coefficient (Wildman–Crippen LogP) is 7.78. The molecule has 1 amide bonds. The lowest BCUT2D eigenvalue weighted by Crippen LogP contribution is -2.23. The molecule has 0 spiro atoms.